The van der Waals surface area contributed by atoms with Crippen molar-refractivity contribution in [3.63, 3.8) is 0 Å². The molecule has 7 nitrogen and oxygen atoms in total. The average molecular weight is 527 g/mol. The number of nitrogens with zero attached hydrogens (tertiary/aromatic N) is 2. The molecule has 0 saturated carbocycles. The minimum Gasteiger partial charge on any atom is -0.494 e. The number of fused-ring (bicyclic) bond motifs is 1. The molecular weight excluding hydrogens is 500 g/mol. The molecule has 3 aromatic carbocycles. The Morgan fingerprint density at radius 1 is 0.947 bits per heavy atom. The molecule has 0 bridgehead atoms. The highest BCUT2D eigenvalue weighted by Crippen LogP contribution is 2.34. The number of carbonyl (C=O) groups excluding carboxylic acids is 2. The summed E-state index contributed by atoms with van der Waals surface area (Å²) in [6.07, 6.45) is 5.25. The summed E-state index contributed by atoms with van der Waals surface area (Å²) in [5.74, 6) is -0.967. The second kappa shape index (κ2) is 11.4. The molecular formula is C30H26N2O5S. The van der Waals surface area contributed by atoms with Crippen LogP contribution in [0.15, 0.2) is 90.0 Å². The van der Waals surface area contributed by atoms with Gasteiger partial charge in [0, 0.05) is 29.2 Å². The lowest BCUT2D eigenvalue weighted by Gasteiger charge is -2.09. The Kier molecular flexibility index (Phi) is 7.60. The zero-order chi connectivity index (χ0) is 26.5. The van der Waals surface area contributed by atoms with E-state index in [1.165, 1.54) is 11.1 Å². The highest BCUT2D eigenvalue weighted by Gasteiger charge is 2.36. The van der Waals surface area contributed by atoms with Gasteiger partial charge >= 0.3 is 5.97 Å². The van der Waals surface area contributed by atoms with Crippen LogP contribution in [0.2, 0.25) is 0 Å². The van der Waals surface area contributed by atoms with Gasteiger partial charge in [0.2, 0.25) is 0 Å². The van der Waals surface area contributed by atoms with Gasteiger partial charge in [-0.05, 0) is 60.0 Å². The second-order valence-corrected chi connectivity index (χ2v) is 9.96. The first-order chi connectivity index (χ1) is 18.5. The number of carboxylic acids is 1. The number of hydrogen-bond acceptors (Lipinski definition) is 5. The first-order valence-electron chi connectivity index (χ1n) is 12.3. The van der Waals surface area contributed by atoms with Crippen molar-refractivity contribution in [2.45, 2.75) is 19.4 Å². The summed E-state index contributed by atoms with van der Waals surface area (Å²) in [6, 6.07) is 26.3. The molecule has 0 spiro atoms. The van der Waals surface area contributed by atoms with E-state index in [9.17, 15) is 14.4 Å². The number of para-hydroxylation sites is 1. The zero-order valence-corrected chi connectivity index (χ0v) is 21.4. The lowest BCUT2D eigenvalue weighted by Crippen LogP contribution is -2.33. The summed E-state index contributed by atoms with van der Waals surface area (Å²) in [6.45, 7) is 0.613. The van der Waals surface area contributed by atoms with Crippen molar-refractivity contribution < 1.29 is 24.2 Å². The Balaban J connectivity index is 1.24. The highest BCUT2D eigenvalue weighted by atomic mass is 32.2. The van der Waals surface area contributed by atoms with Crippen LogP contribution in [0, 0.1) is 0 Å². The van der Waals surface area contributed by atoms with E-state index >= 15 is 0 Å². The van der Waals surface area contributed by atoms with Crippen molar-refractivity contribution in [1.82, 2.24) is 9.47 Å². The molecule has 1 aliphatic rings. The average Bonchev–Trinajstić information content (AvgIpc) is 3.39. The third kappa shape index (κ3) is 5.81. The molecule has 0 unspecified atom stereocenters. The van der Waals surface area contributed by atoms with E-state index in [-0.39, 0.29) is 4.91 Å². The Morgan fingerprint density at radius 2 is 1.71 bits per heavy atom. The molecule has 0 radical (unpaired) electrons. The molecule has 1 N–H and O–H groups in total. The number of thioether (sulfide) groups is 1. The van der Waals surface area contributed by atoms with Gasteiger partial charge in [0.1, 0.15) is 12.3 Å². The number of aliphatic carboxylic acids is 1. The largest absolute Gasteiger partial charge is 0.494 e. The zero-order valence-electron chi connectivity index (χ0n) is 20.6. The molecule has 38 heavy (non-hydrogen) atoms. The van der Waals surface area contributed by atoms with Gasteiger partial charge in [-0.3, -0.25) is 19.3 Å². The van der Waals surface area contributed by atoms with Gasteiger partial charge in [-0.25, -0.2) is 0 Å². The predicted octanol–water partition coefficient (Wildman–Crippen LogP) is 5.82. The SMILES string of the molecule is O=C(O)CN1C(=O)SC(=Cc2cn(CCCOc3cccc(Cc4ccccc4)c3)c3ccccc23)C1=O. The van der Waals surface area contributed by atoms with E-state index in [1.54, 1.807) is 6.08 Å². The number of ether oxygens (including phenoxy) is 1. The molecule has 8 heteroatoms. The number of amides is 2. The summed E-state index contributed by atoms with van der Waals surface area (Å²) in [7, 11) is 0. The van der Waals surface area contributed by atoms with Crippen LogP contribution >= 0.6 is 11.8 Å². The van der Waals surface area contributed by atoms with Crippen LogP contribution in [0.5, 0.6) is 5.75 Å². The van der Waals surface area contributed by atoms with Crippen molar-refractivity contribution in [1.29, 1.82) is 0 Å². The molecule has 1 aromatic heterocycles. The van der Waals surface area contributed by atoms with Crippen LogP contribution in [0.3, 0.4) is 0 Å². The number of imide groups is 1. The molecule has 1 saturated heterocycles. The quantitative estimate of drug-likeness (QED) is 0.207. The van der Waals surface area contributed by atoms with E-state index < -0.39 is 23.7 Å². The molecule has 2 amide bonds. The van der Waals surface area contributed by atoms with Gasteiger partial charge in [0.15, 0.2) is 0 Å². The third-order valence-corrected chi connectivity index (χ3v) is 7.14. The number of hydrogen-bond donors (Lipinski definition) is 1. The number of aromatic nitrogens is 1. The van der Waals surface area contributed by atoms with Crippen molar-refractivity contribution >= 4 is 45.9 Å². The standard InChI is InChI=1S/C30H26N2O5S/c33-28(34)20-32-29(35)27(38-30(32)36)18-23-19-31(26-13-5-4-12-25(23)26)14-7-15-37-24-11-6-10-22(17-24)16-21-8-2-1-3-9-21/h1-6,8-13,17-19H,7,14-16,20H2,(H,33,34). The van der Waals surface area contributed by atoms with Crippen LogP contribution in [-0.4, -0.2) is 44.8 Å². The van der Waals surface area contributed by atoms with Crippen LogP contribution in [0.1, 0.15) is 23.1 Å². The van der Waals surface area contributed by atoms with Gasteiger partial charge < -0.3 is 14.4 Å². The summed E-state index contributed by atoms with van der Waals surface area (Å²) >= 11 is 0.763. The smallest absolute Gasteiger partial charge is 0.323 e. The maximum atomic E-state index is 12.6. The molecule has 2 heterocycles. The van der Waals surface area contributed by atoms with E-state index in [0.29, 0.717) is 13.2 Å². The van der Waals surface area contributed by atoms with Gasteiger partial charge in [-0.15, -0.1) is 0 Å². The normalized spacial score (nSPS) is 14.5. The van der Waals surface area contributed by atoms with Gasteiger partial charge in [-0.1, -0.05) is 60.7 Å². The Labute approximate surface area is 224 Å². The van der Waals surface area contributed by atoms with E-state index in [0.717, 1.165) is 51.7 Å². The summed E-state index contributed by atoms with van der Waals surface area (Å²) in [5.41, 5.74) is 4.26. The maximum Gasteiger partial charge on any atom is 0.323 e. The lowest BCUT2D eigenvalue weighted by molar-refractivity contribution is -0.140. The molecule has 192 valence electrons. The fourth-order valence-corrected chi connectivity index (χ4v) is 5.32. The maximum absolute atomic E-state index is 12.6. The topological polar surface area (TPSA) is 88.8 Å². The number of aryl methyl sites for hydroxylation is 1. The molecule has 1 fully saturated rings. The van der Waals surface area contributed by atoms with Crippen molar-refractivity contribution in [2.24, 2.45) is 0 Å². The number of carboxylic acid groups (broad SMARTS) is 1. The van der Waals surface area contributed by atoms with E-state index in [4.69, 9.17) is 9.84 Å². The van der Waals surface area contributed by atoms with Crippen molar-refractivity contribution in [3.8, 4) is 5.75 Å². The fraction of sp³-hybridized carbons (Fsp3) is 0.167. The molecule has 5 rings (SSSR count). The third-order valence-electron chi connectivity index (χ3n) is 6.23. The first-order valence-corrected chi connectivity index (χ1v) is 13.1. The molecule has 1 aliphatic heterocycles. The minimum atomic E-state index is -1.23. The molecule has 0 atom stereocenters. The van der Waals surface area contributed by atoms with Crippen LogP contribution < -0.4 is 4.74 Å². The summed E-state index contributed by atoms with van der Waals surface area (Å²) < 4.78 is 8.15. The molecule has 0 aliphatic carbocycles. The number of rotatable bonds is 10. The van der Waals surface area contributed by atoms with Gasteiger partial charge in [-0.2, -0.15) is 0 Å². The lowest BCUT2D eigenvalue weighted by atomic mass is 10.1. The first kappa shape index (κ1) is 25.4. The number of benzene rings is 3. The highest BCUT2D eigenvalue weighted by molar-refractivity contribution is 8.18. The molecule has 4 aromatic rings. The summed E-state index contributed by atoms with van der Waals surface area (Å²) in [4.78, 5) is 36.7. The Bertz CT molecular complexity index is 1530. The van der Waals surface area contributed by atoms with Crippen LogP contribution in [0.25, 0.3) is 17.0 Å². The van der Waals surface area contributed by atoms with Crippen LogP contribution in [-0.2, 0) is 22.6 Å². The van der Waals surface area contributed by atoms with Crippen molar-refractivity contribution in [3.05, 3.63) is 107 Å². The minimum absolute atomic E-state index is 0.220. The Morgan fingerprint density at radius 3 is 2.53 bits per heavy atom. The van der Waals surface area contributed by atoms with Gasteiger partial charge in [0.05, 0.1) is 11.5 Å². The van der Waals surface area contributed by atoms with E-state index in [2.05, 4.69) is 28.8 Å². The monoisotopic (exact) mass is 526 g/mol. The van der Waals surface area contributed by atoms with Gasteiger partial charge in [0.25, 0.3) is 11.1 Å². The summed E-state index contributed by atoms with van der Waals surface area (Å²) in [5, 5.41) is 9.37. The van der Waals surface area contributed by atoms with E-state index in [1.807, 2.05) is 60.8 Å². The van der Waals surface area contributed by atoms with Crippen LogP contribution in [0.4, 0.5) is 4.79 Å². The Hall–Kier alpha value is -4.30. The second-order valence-electron chi connectivity index (χ2n) is 8.97. The fourth-order valence-electron chi connectivity index (χ4n) is 4.49. The van der Waals surface area contributed by atoms with Crippen molar-refractivity contribution in [2.75, 3.05) is 13.2 Å². The number of carbonyl (C=O) groups is 3. The predicted molar refractivity (Wildman–Crippen MR) is 148 cm³/mol.